The molecule has 4 aliphatic rings. The summed E-state index contributed by atoms with van der Waals surface area (Å²) in [6.07, 6.45) is 3.61. The van der Waals surface area contributed by atoms with Gasteiger partial charge in [-0.3, -0.25) is 19.9 Å². The number of nitrogens with zero attached hydrogens (tertiary/aromatic N) is 1. The number of allylic oxidation sites excluding steroid dienone is 4. The van der Waals surface area contributed by atoms with E-state index < -0.39 is 77.3 Å². The van der Waals surface area contributed by atoms with E-state index in [4.69, 9.17) is 33.3 Å². The Hall–Kier alpha value is -4.91. The van der Waals surface area contributed by atoms with Crippen molar-refractivity contribution in [1.29, 1.82) is 0 Å². The van der Waals surface area contributed by atoms with Crippen molar-refractivity contribution in [3.05, 3.63) is 75.3 Å². The molecule has 1 amide bonds. The van der Waals surface area contributed by atoms with Crippen molar-refractivity contribution in [3.8, 4) is 5.75 Å². The number of amides is 1. The number of nitroso groups, excluding NO2 is 1. The number of hydrogen-bond donors (Lipinski definition) is 5. The largest absolute Gasteiger partial charge is 0.505 e. The number of ether oxygens (including phenoxy) is 6. The van der Waals surface area contributed by atoms with Crippen LogP contribution in [0.5, 0.6) is 5.75 Å². The molecule has 9 atom stereocenters. The molecule has 17 nitrogen and oxygen atoms in total. The van der Waals surface area contributed by atoms with Gasteiger partial charge in [-0.05, 0) is 31.2 Å². The number of hydrogen-bond acceptors (Lipinski definition) is 16. The Bertz CT molecular complexity index is 1890. The first-order chi connectivity index (χ1) is 27.4. The lowest BCUT2D eigenvalue weighted by molar-refractivity contribution is -0.160. The minimum absolute atomic E-state index is 0.00549. The average Bonchev–Trinajstić information content (AvgIpc) is 3.49. The van der Waals surface area contributed by atoms with Gasteiger partial charge in [0.1, 0.15) is 11.9 Å². The molecule has 1 aliphatic carbocycles. The molecule has 3 heterocycles. The standard InChI is InChI=1S/C41H55N3O14/c1-20-12-11-13-21(2)40(50)42-28-18-27(44-56-19-54-17-16-52-9)30-31(36(28)49)35(48)25(6)38-32(30)39(43-51)41(8,58-38)55-15-14-29(53-10)22(3)37(57-26(7)45)24(5)34(47)23(4)33(20)46/h11-15,18,20,22-24,29,33-34,37,44,46-47,49H,16-17,19H2,1-10H3,(H,42,50)/b12-11+,15-14+,21-13-/t20-,22+,23+,24+,29-,33-,34+,37+,41-/m0/s1. The smallest absolute Gasteiger partial charge is 0.302 e. The van der Waals surface area contributed by atoms with E-state index in [9.17, 15) is 34.6 Å². The molecule has 0 aromatic heterocycles. The van der Waals surface area contributed by atoms with Crippen LogP contribution in [0.4, 0.5) is 11.4 Å². The molecule has 0 unspecified atom stereocenters. The van der Waals surface area contributed by atoms with Crippen molar-refractivity contribution in [2.45, 2.75) is 85.6 Å². The van der Waals surface area contributed by atoms with Gasteiger partial charge in [-0.15, -0.1) is 4.91 Å². The zero-order chi connectivity index (χ0) is 43.1. The summed E-state index contributed by atoms with van der Waals surface area (Å²) < 4.78 is 34.2. The number of aliphatic hydroxyl groups excluding tert-OH is 2. The van der Waals surface area contributed by atoms with Gasteiger partial charge in [0.25, 0.3) is 11.7 Å². The Morgan fingerprint density at radius 2 is 1.72 bits per heavy atom. The summed E-state index contributed by atoms with van der Waals surface area (Å²) in [7, 11) is 2.95. The van der Waals surface area contributed by atoms with Crippen LogP contribution in [0.1, 0.15) is 71.3 Å². The van der Waals surface area contributed by atoms with Crippen LogP contribution in [0.25, 0.3) is 5.57 Å². The first-order valence-corrected chi connectivity index (χ1v) is 18.9. The fourth-order valence-electron chi connectivity index (χ4n) is 7.23. The Balaban J connectivity index is 1.92. The van der Waals surface area contributed by atoms with Gasteiger partial charge < -0.3 is 49.1 Å². The predicted molar refractivity (Wildman–Crippen MR) is 212 cm³/mol. The van der Waals surface area contributed by atoms with E-state index in [0.29, 0.717) is 6.61 Å². The third-order valence-electron chi connectivity index (χ3n) is 10.7. The monoisotopic (exact) mass is 813 g/mol. The van der Waals surface area contributed by atoms with Crippen molar-refractivity contribution in [2.75, 3.05) is 45.0 Å². The number of aromatic hydroxyl groups is 1. The highest BCUT2D eigenvalue weighted by atomic mass is 16.8. The minimum atomic E-state index is -1.93. The minimum Gasteiger partial charge on any atom is -0.505 e. The number of methoxy groups -OCH3 is 2. The number of esters is 1. The van der Waals surface area contributed by atoms with Gasteiger partial charge in [0.05, 0.1) is 60.3 Å². The van der Waals surface area contributed by atoms with E-state index in [1.165, 1.54) is 66.4 Å². The van der Waals surface area contributed by atoms with Crippen LogP contribution in [0.3, 0.4) is 0 Å². The Morgan fingerprint density at radius 3 is 2.36 bits per heavy atom. The molecule has 0 saturated heterocycles. The number of Topliss-reactive ketones (excluding diaryl/α,β-unsaturated/α-hetero) is 1. The third kappa shape index (κ3) is 9.68. The number of anilines is 2. The number of carbonyl (C=O) groups is 3. The number of nitrogens with one attached hydrogen (secondary N) is 2. The number of phenolic OH excluding ortho intramolecular Hbond substituents is 1. The lowest BCUT2D eigenvalue weighted by Crippen LogP contribution is -2.46. The highest BCUT2D eigenvalue weighted by Gasteiger charge is 2.51. The second-order valence-electron chi connectivity index (χ2n) is 14.8. The number of ketones is 1. The average molecular weight is 814 g/mol. The Labute approximate surface area is 337 Å². The SMILES string of the molecule is COCCOCONc1cc2c(O)c3c1C1=C(N=O)[C@@](C)(O/C=C/[C@H](OC)[C@@H](C)[C@@H](OC(C)=O)[C@H](C)[C@H](O)[C@H](C)[C@@H](O)[C@@H](C)/C=C/C=C(/C)C(=O)N2)OC1=C(C)C3=O. The number of phenols is 1. The first-order valence-electron chi connectivity index (χ1n) is 18.9. The summed E-state index contributed by atoms with van der Waals surface area (Å²) in [5, 5.41) is 40.3. The molecule has 58 heavy (non-hydrogen) atoms. The quantitative estimate of drug-likeness (QED) is 0.0387. The fourth-order valence-corrected chi connectivity index (χ4v) is 7.23. The Morgan fingerprint density at radius 1 is 1.02 bits per heavy atom. The normalized spacial score (nSPS) is 31.4. The lowest BCUT2D eigenvalue weighted by atomic mass is 9.78. The predicted octanol–water partition coefficient (Wildman–Crippen LogP) is 5.25. The van der Waals surface area contributed by atoms with Gasteiger partial charge in [0, 0.05) is 68.4 Å². The van der Waals surface area contributed by atoms with Gasteiger partial charge in [-0.2, -0.15) is 0 Å². The van der Waals surface area contributed by atoms with Crippen LogP contribution >= 0.6 is 0 Å². The summed E-state index contributed by atoms with van der Waals surface area (Å²) in [6, 6.07) is 1.32. The maximum absolute atomic E-state index is 14.1. The molecule has 5 bridgehead atoms. The van der Waals surface area contributed by atoms with E-state index >= 15 is 0 Å². The number of carbonyl (C=O) groups excluding carboxylic acids is 3. The highest BCUT2D eigenvalue weighted by molar-refractivity contribution is 6.21. The molecule has 0 fully saturated rings. The summed E-state index contributed by atoms with van der Waals surface area (Å²) in [4.78, 5) is 58.2. The zero-order valence-corrected chi connectivity index (χ0v) is 34.5. The van der Waals surface area contributed by atoms with E-state index in [1.807, 2.05) is 0 Å². The molecule has 0 spiro atoms. The van der Waals surface area contributed by atoms with Gasteiger partial charge in [0.2, 0.25) is 0 Å². The van der Waals surface area contributed by atoms with E-state index in [2.05, 4.69) is 16.0 Å². The van der Waals surface area contributed by atoms with Gasteiger partial charge in [0.15, 0.2) is 24.0 Å². The van der Waals surface area contributed by atoms with Gasteiger partial charge >= 0.3 is 5.97 Å². The maximum atomic E-state index is 14.1. The molecular weight excluding hydrogens is 758 g/mol. The maximum Gasteiger partial charge on any atom is 0.302 e. The van der Waals surface area contributed by atoms with Crippen LogP contribution in [0.2, 0.25) is 0 Å². The van der Waals surface area contributed by atoms with E-state index in [-0.39, 0.29) is 64.1 Å². The van der Waals surface area contributed by atoms with Crippen LogP contribution in [0, 0.1) is 28.6 Å². The van der Waals surface area contributed by atoms with Crippen molar-refractivity contribution < 1.29 is 63.0 Å². The van der Waals surface area contributed by atoms with Crippen molar-refractivity contribution in [3.63, 3.8) is 0 Å². The van der Waals surface area contributed by atoms with Crippen molar-refractivity contribution >= 4 is 34.6 Å². The first kappa shape index (κ1) is 45.8. The molecule has 0 saturated carbocycles. The molecule has 1 aromatic rings. The fraction of sp³-hybridized carbons (Fsp3) is 0.537. The second-order valence-corrected chi connectivity index (χ2v) is 14.8. The summed E-state index contributed by atoms with van der Waals surface area (Å²) >= 11 is 0. The third-order valence-corrected chi connectivity index (χ3v) is 10.7. The van der Waals surface area contributed by atoms with Crippen molar-refractivity contribution in [1.82, 2.24) is 0 Å². The number of fused-ring (bicyclic) bond motifs is 14. The zero-order valence-electron chi connectivity index (χ0n) is 34.5. The summed E-state index contributed by atoms with van der Waals surface area (Å²) in [5.41, 5.74) is 2.20. The molecule has 3 aliphatic heterocycles. The number of rotatable bonds is 10. The van der Waals surface area contributed by atoms with Gasteiger partial charge in [-0.1, -0.05) is 45.9 Å². The summed E-state index contributed by atoms with van der Waals surface area (Å²) in [6.45, 7) is 12.8. The highest BCUT2D eigenvalue weighted by Crippen LogP contribution is 2.54. The van der Waals surface area contributed by atoms with Crippen LogP contribution in [-0.2, 0) is 42.8 Å². The topological polar surface area (TPSA) is 230 Å². The van der Waals surface area contributed by atoms with Crippen molar-refractivity contribution in [2.24, 2.45) is 28.8 Å². The Kier molecular flexibility index (Phi) is 15.5. The van der Waals surface area contributed by atoms with E-state index in [0.717, 1.165) is 0 Å². The molecule has 17 heteroatoms. The molecule has 1 aromatic carbocycles. The van der Waals surface area contributed by atoms with E-state index in [1.54, 1.807) is 39.8 Å². The molecular formula is C41H55N3O14. The second kappa shape index (κ2) is 19.7. The molecule has 318 valence electrons. The number of aliphatic hydroxyl groups is 2. The number of benzene rings is 1. The molecule has 0 radical (unpaired) electrons. The molecule has 5 N–H and O–H groups in total. The van der Waals surface area contributed by atoms with Gasteiger partial charge in [-0.25, -0.2) is 4.84 Å². The van der Waals surface area contributed by atoms with Crippen LogP contribution in [-0.4, -0.2) is 97.4 Å². The lowest BCUT2D eigenvalue weighted by Gasteiger charge is -2.38. The summed E-state index contributed by atoms with van der Waals surface area (Å²) in [5.74, 6) is -6.96. The van der Waals surface area contributed by atoms with Crippen LogP contribution < -0.4 is 10.8 Å². The molecule has 5 rings (SSSR count). The van der Waals surface area contributed by atoms with Crippen LogP contribution in [0.15, 0.2) is 64.4 Å².